The van der Waals surface area contributed by atoms with E-state index >= 15 is 0 Å². The number of nitrogens with zero attached hydrogens (tertiary/aromatic N) is 3. The van der Waals surface area contributed by atoms with Crippen LogP contribution < -0.4 is 0 Å². The molecule has 1 aromatic heterocycles. The van der Waals surface area contributed by atoms with E-state index in [1.807, 2.05) is 13.8 Å². The summed E-state index contributed by atoms with van der Waals surface area (Å²) in [6.07, 6.45) is 1.96. The summed E-state index contributed by atoms with van der Waals surface area (Å²) in [7, 11) is -2.90. The standard InChI is InChI=1S/C21H32F3N3O2S/c1-15(2)27-18(12-19(25-27)21(22,23)24)16-4-6-17(7-5-16)26-10-3-8-20(13-26)9-11-30(28,29)14-20/h12,15-17H,3-11,13-14H2,1-2H3. The highest BCUT2D eigenvalue weighted by atomic mass is 32.2. The van der Waals surface area contributed by atoms with Gasteiger partial charge in [0.2, 0.25) is 0 Å². The van der Waals surface area contributed by atoms with E-state index < -0.39 is 21.7 Å². The van der Waals surface area contributed by atoms with Crippen LogP contribution in [0.3, 0.4) is 0 Å². The van der Waals surface area contributed by atoms with Crippen LogP contribution in [0.4, 0.5) is 13.2 Å². The van der Waals surface area contributed by atoms with Crippen LogP contribution in [0.1, 0.15) is 82.1 Å². The first kappa shape index (κ1) is 22.1. The van der Waals surface area contributed by atoms with E-state index in [2.05, 4.69) is 10.00 Å². The molecule has 4 rings (SSSR count). The molecule has 1 aromatic rings. The molecule has 0 amide bonds. The maximum absolute atomic E-state index is 13.2. The highest BCUT2D eigenvalue weighted by Gasteiger charge is 2.46. The average Bonchev–Trinajstić information content (AvgIpc) is 3.24. The van der Waals surface area contributed by atoms with Gasteiger partial charge < -0.3 is 0 Å². The quantitative estimate of drug-likeness (QED) is 0.689. The molecule has 9 heteroatoms. The summed E-state index contributed by atoms with van der Waals surface area (Å²) in [4.78, 5) is 2.47. The van der Waals surface area contributed by atoms with Crippen molar-refractivity contribution < 1.29 is 21.6 Å². The number of rotatable bonds is 3. The van der Waals surface area contributed by atoms with Gasteiger partial charge in [-0.25, -0.2) is 8.42 Å². The topological polar surface area (TPSA) is 55.2 Å². The van der Waals surface area contributed by atoms with E-state index in [1.165, 1.54) is 6.07 Å². The first-order valence-electron chi connectivity index (χ1n) is 11.1. The van der Waals surface area contributed by atoms with Crippen LogP contribution in [0.5, 0.6) is 0 Å². The molecule has 1 saturated carbocycles. The molecule has 1 atom stereocenters. The molecule has 1 aliphatic carbocycles. The van der Waals surface area contributed by atoms with Gasteiger partial charge in [-0.3, -0.25) is 9.58 Å². The number of hydrogen-bond donors (Lipinski definition) is 0. The molecule has 1 spiro atoms. The highest BCUT2D eigenvalue weighted by molar-refractivity contribution is 7.91. The van der Waals surface area contributed by atoms with Gasteiger partial charge in [-0.2, -0.15) is 18.3 Å². The fourth-order valence-electron chi connectivity index (χ4n) is 5.87. The van der Waals surface area contributed by atoms with Crippen molar-refractivity contribution >= 4 is 9.84 Å². The lowest BCUT2D eigenvalue weighted by Gasteiger charge is -2.45. The van der Waals surface area contributed by atoms with E-state index in [-0.39, 0.29) is 17.4 Å². The van der Waals surface area contributed by atoms with E-state index in [0.717, 1.165) is 58.0 Å². The van der Waals surface area contributed by atoms with Crippen molar-refractivity contribution in [3.63, 3.8) is 0 Å². The lowest BCUT2D eigenvalue weighted by atomic mass is 9.77. The van der Waals surface area contributed by atoms with Gasteiger partial charge in [0, 0.05) is 30.2 Å². The largest absolute Gasteiger partial charge is 0.435 e. The Kier molecular flexibility index (Phi) is 5.75. The molecule has 0 N–H and O–H groups in total. The van der Waals surface area contributed by atoms with E-state index in [4.69, 9.17) is 0 Å². The molecule has 3 aliphatic rings. The molecule has 3 heterocycles. The third-order valence-corrected chi connectivity index (χ3v) is 9.21. The molecule has 3 fully saturated rings. The van der Waals surface area contributed by atoms with Crippen molar-refractivity contribution in [2.45, 2.75) is 83.0 Å². The fourth-order valence-corrected chi connectivity index (χ4v) is 8.07. The summed E-state index contributed by atoms with van der Waals surface area (Å²) in [5.74, 6) is 0.728. The van der Waals surface area contributed by atoms with Crippen LogP contribution in [0, 0.1) is 5.41 Å². The summed E-state index contributed by atoms with van der Waals surface area (Å²) >= 11 is 0. The molecule has 5 nitrogen and oxygen atoms in total. The first-order valence-corrected chi connectivity index (χ1v) is 12.9. The maximum atomic E-state index is 13.2. The van der Waals surface area contributed by atoms with E-state index in [0.29, 0.717) is 23.2 Å². The van der Waals surface area contributed by atoms with Crippen molar-refractivity contribution in [1.82, 2.24) is 14.7 Å². The number of hydrogen-bond acceptors (Lipinski definition) is 4. The Morgan fingerprint density at radius 2 is 1.87 bits per heavy atom. The predicted molar refractivity (Wildman–Crippen MR) is 109 cm³/mol. The van der Waals surface area contributed by atoms with Crippen LogP contribution >= 0.6 is 0 Å². The van der Waals surface area contributed by atoms with Gasteiger partial charge in [0.15, 0.2) is 15.5 Å². The Morgan fingerprint density at radius 3 is 2.43 bits per heavy atom. The Balaban J connectivity index is 1.43. The monoisotopic (exact) mass is 447 g/mol. The predicted octanol–water partition coefficient (Wildman–Crippen LogP) is 4.41. The lowest BCUT2D eigenvalue weighted by molar-refractivity contribution is -0.141. The molecule has 0 bridgehead atoms. The van der Waals surface area contributed by atoms with Crippen molar-refractivity contribution in [3.05, 3.63) is 17.5 Å². The average molecular weight is 448 g/mol. The second-order valence-electron chi connectivity index (χ2n) is 9.91. The van der Waals surface area contributed by atoms with Crippen molar-refractivity contribution in [1.29, 1.82) is 0 Å². The smallest absolute Gasteiger partial charge is 0.300 e. The molecule has 2 saturated heterocycles. The van der Waals surface area contributed by atoms with Gasteiger partial charge in [-0.15, -0.1) is 0 Å². The summed E-state index contributed by atoms with van der Waals surface area (Å²) in [5.41, 5.74) is -0.173. The minimum atomic E-state index is -4.42. The number of piperidine rings is 1. The van der Waals surface area contributed by atoms with Crippen molar-refractivity contribution in [2.24, 2.45) is 5.41 Å². The molecule has 0 radical (unpaired) electrons. The summed E-state index contributed by atoms with van der Waals surface area (Å²) in [6.45, 7) is 5.58. The van der Waals surface area contributed by atoms with Gasteiger partial charge in [0.25, 0.3) is 0 Å². The second kappa shape index (κ2) is 7.80. The van der Waals surface area contributed by atoms with Gasteiger partial charge in [0.1, 0.15) is 0 Å². The van der Waals surface area contributed by atoms with Gasteiger partial charge in [-0.1, -0.05) is 0 Å². The van der Waals surface area contributed by atoms with Crippen molar-refractivity contribution in [3.8, 4) is 0 Å². The summed E-state index contributed by atoms with van der Waals surface area (Å²) in [5, 5.41) is 3.85. The number of sulfone groups is 1. The normalized spacial score (nSPS) is 32.9. The number of alkyl halides is 3. The first-order chi connectivity index (χ1) is 14.0. The number of halogens is 3. The SMILES string of the molecule is CC(C)n1nc(C(F)(F)F)cc1C1CCC(N2CCCC3(CCS(=O)(=O)C3)C2)CC1. The fraction of sp³-hybridized carbons (Fsp3) is 0.857. The molecule has 2 aliphatic heterocycles. The van der Waals surface area contributed by atoms with Gasteiger partial charge >= 0.3 is 6.18 Å². The Morgan fingerprint density at radius 1 is 1.17 bits per heavy atom. The maximum Gasteiger partial charge on any atom is 0.435 e. The second-order valence-corrected chi connectivity index (χ2v) is 12.1. The molecule has 0 aromatic carbocycles. The highest BCUT2D eigenvalue weighted by Crippen LogP contribution is 2.44. The van der Waals surface area contributed by atoms with Crippen LogP contribution in [-0.2, 0) is 16.0 Å². The Bertz CT molecular complexity index is 873. The zero-order chi connectivity index (χ0) is 21.7. The zero-order valence-corrected chi connectivity index (χ0v) is 18.6. The molecule has 170 valence electrons. The Hall–Kier alpha value is -1.09. The minimum absolute atomic E-state index is 0.0776. The third kappa shape index (κ3) is 4.42. The summed E-state index contributed by atoms with van der Waals surface area (Å²) < 4.78 is 65.2. The third-order valence-electron chi connectivity index (χ3n) is 7.34. The molecular formula is C21H32F3N3O2S. The van der Waals surface area contributed by atoms with Crippen LogP contribution in [-0.4, -0.2) is 53.7 Å². The van der Waals surface area contributed by atoms with Crippen LogP contribution in [0.25, 0.3) is 0 Å². The minimum Gasteiger partial charge on any atom is -0.300 e. The van der Waals surface area contributed by atoms with E-state index in [9.17, 15) is 21.6 Å². The Labute approximate surface area is 176 Å². The van der Waals surface area contributed by atoms with Gasteiger partial charge in [0.05, 0.1) is 11.5 Å². The molecule has 30 heavy (non-hydrogen) atoms. The van der Waals surface area contributed by atoms with Crippen LogP contribution in [0.15, 0.2) is 6.07 Å². The zero-order valence-electron chi connectivity index (χ0n) is 17.8. The number of aromatic nitrogens is 2. The molecular weight excluding hydrogens is 415 g/mol. The summed E-state index contributed by atoms with van der Waals surface area (Å²) in [6, 6.07) is 1.53. The van der Waals surface area contributed by atoms with Crippen LogP contribution in [0.2, 0.25) is 0 Å². The van der Waals surface area contributed by atoms with E-state index in [1.54, 1.807) is 4.68 Å². The molecule has 1 unspecified atom stereocenters. The van der Waals surface area contributed by atoms with Crippen molar-refractivity contribution in [2.75, 3.05) is 24.6 Å². The number of likely N-dealkylation sites (tertiary alicyclic amines) is 1. The lowest BCUT2D eigenvalue weighted by Crippen LogP contribution is -2.49. The van der Waals surface area contributed by atoms with Gasteiger partial charge in [-0.05, 0) is 76.8 Å².